The molecule has 0 saturated heterocycles. The molecule has 0 aliphatic carbocycles. The minimum absolute atomic E-state index is 0.0984. The van der Waals surface area contributed by atoms with Gasteiger partial charge in [0.25, 0.3) is 5.56 Å². The van der Waals surface area contributed by atoms with Gasteiger partial charge in [-0.15, -0.1) is 0 Å². The largest absolute Gasteiger partial charge is 0.383 e. The van der Waals surface area contributed by atoms with Crippen LogP contribution < -0.4 is 22.3 Å². The number of ether oxygens (including phenoxy) is 1. The maximum Gasteiger partial charge on any atom is 0.330 e. The molecule has 0 atom stereocenters. The molecule has 4 N–H and O–H groups in total. The molecule has 0 saturated carbocycles. The molecule has 0 aromatic carbocycles. The molecule has 2 heterocycles. The molecule has 0 aliphatic rings. The van der Waals surface area contributed by atoms with Gasteiger partial charge in [-0.25, -0.2) is 4.79 Å². The second kappa shape index (κ2) is 6.75. The lowest BCUT2D eigenvalue weighted by Crippen LogP contribution is -2.35. The molecule has 9 nitrogen and oxygen atoms in total. The highest BCUT2D eigenvalue weighted by molar-refractivity contribution is 5.60. The summed E-state index contributed by atoms with van der Waals surface area (Å²) in [7, 11) is 1.52. The van der Waals surface area contributed by atoms with E-state index in [0.29, 0.717) is 19.7 Å². The highest BCUT2D eigenvalue weighted by atomic mass is 16.5. The highest BCUT2D eigenvalue weighted by Gasteiger charge is 2.11. The van der Waals surface area contributed by atoms with Crippen molar-refractivity contribution in [2.45, 2.75) is 13.1 Å². The van der Waals surface area contributed by atoms with Crippen LogP contribution >= 0.6 is 0 Å². The molecule has 0 unspecified atom stereocenters. The first kappa shape index (κ1) is 14.9. The average molecular weight is 294 g/mol. The van der Waals surface area contributed by atoms with Gasteiger partial charge in [0.05, 0.1) is 19.7 Å². The molecule has 9 heteroatoms. The van der Waals surface area contributed by atoms with Crippen LogP contribution in [0.1, 0.15) is 0 Å². The number of aromatic amines is 1. The summed E-state index contributed by atoms with van der Waals surface area (Å²) < 4.78 is 7.90. The number of methoxy groups -OCH3 is 1. The number of anilines is 2. The van der Waals surface area contributed by atoms with Crippen LogP contribution in [0, 0.1) is 0 Å². The first-order chi connectivity index (χ1) is 10.1. The van der Waals surface area contributed by atoms with Gasteiger partial charge in [-0.2, -0.15) is 5.10 Å². The third-order valence-electron chi connectivity index (χ3n) is 2.96. The number of H-pyrrole nitrogens is 1. The Hall–Kier alpha value is -2.55. The third kappa shape index (κ3) is 3.51. The van der Waals surface area contributed by atoms with E-state index in [1.807, 2.05) is 12.3 Å². The average Bonchev–Trinajstić information content (AvgIpc) is 2.95. The van der Waals surface area contributed by atoms with Gasteiger partial charge in [0.1, 0.15) is 11.5 Å². The van der Waals surface area contributed by atoms with Crippen molar-refractivity contribution in [3.8, 4) is 0 Å². The van der Waals surface area contributed by atoms with Crippen molar-refractivity contribution < 1.29 is 4.74 Å². The first-order valence-corrected chi connectivity index (χ1v) is 6.46. The maximum atomic E-state index is 11.8. The van der Waals surface area contributed by atoms with Crippen LogP contribution in [0.4, 0.5) is 11.5 Å². The molecule has 0 spiro atoms. The molecule has 2 aromatic rings. The predicted molar refractivity (Wildman–Crippen MR) is 78.3 cm³/mol. The normalized spacial score (nSPS) is 10.7. The summed E-state index contributed by atoms with van der Waals surface area (Å²) in [6.45, 7) is 1.62. The maximum absolute atomic E-state index is 11.8. The molecule has 0 fully saturated rings. The number of nitrogens with one attached hydrogen (secondary N) is 2. The van der Waals surface area contributed by atoms with Gasteiger partial charge in [0.15, 0.2) is 0 Å². The van der Waals surface area contributed by atoms with E-state index < -0.39 is 11.2 Å². The SMILES string of the molecule is COCCn1c(N)c(NCCn2cccn2)c(=O)[nH]c1=O. The minimum Gasteiger partial charge on any atom is -0.383 e. The van der Waals surface area contributed by atoms with Crippen LogP contribution in [-0.4, -0.2) is 39.6 Å². The third-order valence-corrected chi connectivity index (χ3v) is 2.96. The van der Waals surface area contributed by atoms with Crippen LogP contribution in [0.25, 0.3) is 0 Å². The molecule has 2 aromatic heterocycles. The Bertz CT molecular complexity index is 688. The van der Waals surface area contributed by atoms with Crippen LogP contribution in [0.2, 0.25) is 0 Å². The Morgan fingerprint density at radius 3 is 2.90 bits per heavy atom. The number of nitrogen functional groups attached to an aromatic ring is 1. The van der Waals surface area contributed by atoms with Crippen molar-refractivity contribution in [2.75, 3.05) is 31.3 Å². The van der Waals surface area contributed by atoms with Gasteiger partial charge < -0.3 is 15.8 Å². The first-order valence-electron chi connectivity index (χ1n) is 6.46. The summed E-state index contributed by atoms with van der Waals surface area (Å²) in [5.74, 6) is 0.0984. The van der Waals surface area contributed by atoms with E-state index in [2.05, 4.69) is 15.4 Å². The number of nitrogens with zero attached hydrogens (tertiary/aromatic N) is 3. The summed E-state index contributed by atoms with van der Waals surface area (Å²) in [5, 5.41) is 6.99. The Morgan fingerprint density at radius 2 is 2.24 bits per heavy atom. The minimum atomic E-state index is -0.549. The Morgan fingerprint density at radius 1 is 1.43 bits per heavy atom. The van der Waals surface area contributed by atoms with Crippen molar-refractivity contribution in [1.82, 2.24) is 19.3 Å². The van der Waals surface area contributed by atoms with Crippen molar-refractivity contribution in [3.05, 3.63) is 39.3 Å². The van der Waals surface area contributed by atoms with Gasteiger partial charge in [-0.1, -0.05) is 0 Å². The summed E-state index contributed by atoms with van der Waals surface area (Å²) in [6.07, 6.45) is 3.49. The molecule has 0 radical (unpaired) electrons. The second-order valence-electron chi connectivity index (χ2n) is 4.36. The van der Waals surface area contributed by atoms with E-state index in [-0.39, 0.29) is 18.1 Å². The molecule has 0 amide bonds. The summed E-state index contributed by atoms with van der Waals surface area (Å²) in [5.41, 5.74) is 4.98. The summed E-state index contributed by atoms with van der Waals surface area (Å²) in [4.78, 5) is 25.8. The van der Waals surface area contributed by atoms with Gasteiger partial charge in [-0.3, -0.25) is 19.0 Å². The number of rotatable bonds is 7. The van der Waals surface area contributed by atoms with Gasteiger partial charge >= 0.3 is 5.69 Å². The second-order valence-corrected chi connectivity index (χ2v) is 4.36. The van der Waals surface area contributed by atoms with Crippen LogP contribution in [0.3, 0.4) is 0 Å². The smallest absolute Gasteiger partial charge is 0.330 e. The van der Waals surface area contributed by atoms with E-state index in [1.54, 1.807) is 10.9 Å². The predicted octanol–water partition coefficient (Wildman–Crippen LogP) is -0.926. The zero-order valence-electron chi connectivity index (χ0n) is 11.7. The molecule has 0 aliphatic heterocycles. The van der Waals surface area contributed by atoms with Gasteiger partial charge in [0, 0.05) is 26.0 Å². The molecular formula is C12H18N6O3. The van der Waals surface area contributed by atoms with E-state index >= 15 is 0 Å². The van der Waals surface area contributed by atoms with E-state index in [0.717, 1.165) is 0 Å². The Labute approximate surface area is 120 Å². The van der Waals surface area contributed by atoms with Crippen LogP contribution in [-0.2, 0) is 17.8 Å². The number of aromatic nitrogens is 4. The van der Waals surface area contributed by atoms with E-state index in [4.69, 9.17) is 10.5 Å². The lowest BCUT2D eigenvalue weighted by molar-refractivity contribution is 0.186. The highest BCUT2D eigenvalue weighted by Crippen LogP contribution is 2.09. The summed E-state index contributed by atoms with van der Waals surface area (Å²) >= 11 is 0. The van der Waals surface area contributed by atoms with Crippen molar-refractivity contribution >= 4 is 11.5 Å². The standard InChI is InChI=1S/C12H18N6O3/c1-21-8-7-18-10(13)9(11(19)16-12(18)20)14-4-6-17-5-2-3-15-17/h2-3,5,14H,4,6-8,13H2,1H3,(H,16,19,20). The fourth-order valence-electron chi connectivity index (χ4n) is 1.89. The molecule has 21 heavy (non-hydrogen) atoms. The fourth-order valence-corrected chi connectivity index (χ4v) is 1.89. The zero-order valence-corrected chi connectivity index (χ0v) is 11.7. The Kier molecular flexibility index (Phi) is 4.77. The zero-order chi connectivity index (χ0) is 15.2. The molecular weight excluding hydrogens is 276 g/mol. The van der Waals surface area contributed by atoms with E-state index in [9.17, 15) is 9.59 Å². The van der Waals surface area contributed by atoms with Crippen molar-refractivity contribution in [3.63, 3.8) is 0 Å². The monoisotopic (exact) mass is 294 g/mol. The van der Waals surface area contributed by atoms with Crippen LogP contribution in [0.15, 0.2) is 28.0 Å². The fraction of sp³-hybridized carbons (Fsp3) is 0.417. The number of nitrogens with two attached hydrogens (primary N) is 1. The van der Waals surface area contributed by atoms with Crippen LogP contribution in [0.5, 0.6) is 0 Å². The topological polar surface area (TPSA) is 120 Å². The van der Waals surface area contributed by atoms with Gasteiger partial charge in [-0.05, 0) is 6.07 Å². The molecule has 2 rings (SSSR count). The van der Waals surface area contributed by atoms with Crippen molar-refractivity contribution in [2.24, 2.45) is 0 Å². The lowest BCUT2D eigenvalue weighted by Gasteiger charge is -2.13. The lowest BCUT2D eigenvalue weighted by atomic mass is 10.4. The van der Waals surface area contributed by atoms with E-state index in [1.165, 1.54) is 11.7 Å². The quantitative estimate of drug-likeness (QED) is 0.607. The van der Waals surface area contributed by atoms with Crippen molar-refractivity contribution in [1.29, 1.82) is 0 Å². The summed E-state index contributed by atoms with van der Waals surface area (Å²) in [6, 6.07) is 1.81. The number of hydrogen-bond donors (Lipinski definition) is 3. The molecule has 114 valence electrons. The van der Waals surface area contributed by atoms with Gasteiger partial charge in [0.2, 0.25) is 0 Å². The Balaban J connectivity index is 2.14. The molecule has 0 bridgehead atoms. The number of hydrogen-bond acceptors (Lipinski definition) is 6.